The minimum Gasteiger partial charge on any atom is -0.345 e. The highest BCUT2D eigenvalue weighted by Gasteiger charge is 2.39. The summed E-state index contributed by atoms with van der Waals surface area (Å²) < 4.78 is 0. The normalized spacial score (nSPS) is 21.5. The fraction of sp³-hybridized carbons (Fsp3) is 0.500. The van der Waals surface area contributed by atoms with Crippen LogP contribution in [0.25, 0.3) is 0 Å². The van der Waals surface area contributed by atoms with E-state index in [0.29, 0.717) is 0 Å². The second-order valence-corrected chi connectivity index (χ2v) is 5.16. The van der Waals surface area contributed by atoms with Crippen molar-refractivity contribution >= 4 is 11.8 Å². The predicted octanol–water partition coefficient (Wildman–Crippen LogP) is 1.13. The molecule has 0 bridgehead atoms. The lowest BCUT2D eigenvalue weighted by atomic mass is 9.95. The van der Waals surface area contributed by atoms with Crippen LogP contribution in [0.4, 0.5) is 0 Å². The molecule has 19 heavy (non-hydrogen) atoms. The summed E-state index contributed by atoms with van der Waals surface area (Å²) in [6, 6.07) is 3.21. The summed E-state index contributed by atoms with van der Waals surface area (Å²) in [5.74, 6) is -0.0355. The van der Waals surface area contributed by atoms with Gasteiger partial charge < -0.3 is 10.2 Å². The Bertz CT molecular complexity index is 473. The van der Waals surface area contributed by atoms with Crippen LogP contribution >= 0.6 is 0 Å². The fourth-order valence-corrected chi connectivity index (χ4v) is 2.52. The van der Waals surface area contributed by atoms with Gasteiger partial charge in [0.25, 0.3) is 0 Å². The van der Waals surface area contributed by atoms with Gasteiger partial charge in [0.2, 0.25) is 11.8 Å². The molecule has 1 fully saturated rings. The largest absolute Gasteiger partial charge is 0.345 e. The highest BCUT2D eigenvalue weighted by Crippen LogP contribution is 2.27. The number of hydrogen-bond acceptors (Lipinski definition) is 3. The van der Waals surface area contributed by atoms with Crippen molar-refractivity contribution in [1.29, 1.82) is 0 Å². The van der Waals surface area contributed by atoms with E-state index in [1.54, 1.807) is 17.3 Å². The van der Waals surface area contributed by atoms with E-state index >= 15 is 0 Å². The van der Waals surface area contributed by atoms with Crippen LogP contribution in [-0.2, 0) is 9.59 Å². The number of hydrogen-bond donors (Lipinski definition) is 1. The van der Waals surface area contributed by atoms with Crippen molar-refractivity contribution in [3.63, 3.8) is 0 Å². The minimum atomic E-state index is -0.413. The number of amides is 2. The van der Waals surface area contributed by atoms with Crippen LogP contribution in [0.5, 0.6) is 0 Å². The summed E-state index contributed by atoms with van der Waals surface area (Å²) in [6.45, 7) is 5.93. The number of pyridine rings is 1. The maximum absolute atomic E-state index is 12.2. The van der Waals surface area contributed by atoms with Gasteiger partial charge in [0.05, 0.1) is 12.6 Å². The van der Waals surface area contributed by atoms with Crippen LogP contribution in [0.15, 0.2) is 24.5 Å². The molecule has 0 saturated carbocycles. The van der Waals surface area contributed by atoms with Crippen LogP contribution in [0.1, 0.15) is 32.4 Å². The molecular weight excluding hydrogens is 242 g/mol. The Kier molecular flexibility index (Phi) is 3.83. The molecule has 102 valence electrons. The highest BCUT2D eigenvalue weighted by molar-refractivity contribution is 5.95. The second kappa shape index (κ2) is 5.38. The van der Waals surface area contributed by atoms with Gasteiger partial charge in [-0.3, -0.25) is 14.6 Å². The maximum atomic E-state index is 12.2. The summed E-state index contributed by atoms with van der Waals surface area (Å²) >= 11 is 0. The lowest BCUT2D eigenvalue weighted by Gasteiger charge is -2.41. The predicted molar refractivity (Wildman–Crippen MR) is 71.1 cm³/mol. The van der Waals surface area contributed by atoms with E-state index < -0.39 is 6.04 Å². The molecule has 2 rings (SSSR count). The van der Waals surface area contributed by atoms with Gasteiger partial charge in [-0.05, 0) is 30.5 Å². The quantitative estimate of drug-likeness (QED) is 0.887. The number of piperazine rings is 1. The maximum Gasteiger partial charge on any atom is 0.243 e. The van der Waals surface area contributed by atoms with Crippen molar-refractivity contribution in [3.05, 3.63) is 30.1 Å². The Balaban J connectivity index is 2.33. The van der Waals surface area contributed by atoms with Crippen molar-refractivity contribution < 1.29 is 9.59 Å². The number of nitrogens with one attached hydrogen (secondary N) is 1. The molecule has 1 saturated heterocycles. The first-order valence-corrected chi connectivity index (χ1v) is 6.51. The van der Waals surface area contributed by atoms with Crippen LogP contribution in [0, 0.1) is 5.92 Å². The summed E-state index contributed by atoms with van der Waals surface area (Å²) in [5.41, 5.74) is 0.990. The van der Waals surface area contributed by atoms with Crippen LogP contribution in [0.3, 0.4) is 0 Å². The van der Waals surface area contributed by atoms with E-state index in [9.17, 15) is 9.59 Å². The number of carbonyl (C=O) groups excluding carboxylic acids is 2. The Morgan fingerprint density at radius 1 is 1.26 bits per heavy atom. The van der Waals surface area contributed by atoms with Gasteiger partial charge >= 0.3 is 0 Å². The van der Waals surface area contributed by atoms with Crippen LogP contribution in [0.2, 0.25) is 0 Å². The molecule has 5 heteroatoms. The summed E-state index contributed by atoms with van der Waals surface area (Å²) in [7, 11) is 0. The zero-order valence-electron chi connectivity index (χ0n) is 11.5. The Hall–Kier alpha value is -1.91. The van der Waals surface area contributed by atoms with Gasteiger partial charge in [-0.25, -0.2) is 0 Å². The lowest BCUT2D eigenvalue weighted by molar-refractivity contribution is -0.150. The van der Waals surface area contributed by atoms with E-state index in [2.05, 4.69) is 10.3 Å². The number of nitrogens with zero attached hydrogens (tertiary/aromatic N) is 2. The molecular formula is C14H19N3O2. The first kappa shape index (κ1) is 13.5. The highest BCUT2D eigenvalue weighted by atomic mass is 16.2. The third-order valence-corrected chi connectivity index (χ3v) is 3.51. The zero-order valence-corrected chi connectivity index (χ0v) is 11.5. The molecule has 1 aromatic rings. The Morgan fingerprint density at radius 2 is 1.89 bits per heavy atom. The summed E-state index contributed by atoms with van der Waals surface area (Å²) in [6.07, 6.45) is 3.40. The first-order valence-electron chi connectivity index (χ1n) is 6.51. The number of rotatable bonds is 3. The fourth-order valence-electron chi connectivity index (χ4n) is 2.52. The Morgan fingerprint density at radius 3 is 2.47 bits per heavy atom. The molecule has 2 amide bonds. The summed E-state index contributed by atoms with van der Waals surface area (Å²) in [5, 5.41) is 2.66. The topological polar surface area (TPSA) is 62.3 Å². The van der Waals surface area contributed by atoms with Crippen molar-refractivity contribution in [2.45, 2.75) is 32.9 Å². The molecule has 0 aliphatic carbocycles. The van der Waals surface area contributed by atoms with Gasteiger partial charge in [-0.2, -0.15) is 0 Å². The average Bonchev–Trinajstić information content (AvgIpc) is 2.41. The van der Waals surface area contributed by atoms with Crippen molar-refractivity contribution in [2.24, 2.45) is 5.92 Å². The van der Waals surface area contributed by atoms with Crippen molar-refractivity contribution in [3.8, 4) is 0 Å². The molecule has 1 aliphatic rings. The van der Waals surface area contributed by atoms with Gasteiger partial charge in [0.1, 0.15) is 6.04 Å². The lowest BCUT2D eigenvalue weighted by Crippen LogP contribution is -2.60. The minimum absolute atomic E-state index is 0.0392. The monoisotopic (exact) mass is 261 g/mol. The van der Waals surface area contributed by atoms with Gasteiger partial charge in [0, 0.05) is 12.4 Å². The number of carbonyl (C=O) groups is 2. The van der Waals surface area contributed by atoms with Crippen LogP contribution < -0.4 is 5.32 Å². The molecule has 1 N–H and O–H groups in total. The molecule has 0 spiro atoms. The van der Waals surface area contributed by atoms with E-state index in [1.807, 2.05) is 32.9 Å². The molecule has 2 unspecified atom stereocenters. The average molecular weight is 261 g/mol. The molecule has 2 heterocycles. The van der Waals surface area contributed by atoms with Crippen LogP contribution in [-0.4, -0.2) is 34.3 Å². The van der Waals surface area contributed by atoms with Gasteiger partial charge in [-0.1, -0.05) is 13.8 Å². The van der Waals surface area contributed by atoms with E-state index in [4.69, 9.17) is 0 Å². The summed E-state index contributed by atoms with van der Waals surface area (Å²) in [4.78, 5) is 29.8. The van der Waals surface area contributed by atoms with E-state index in [1.165, 1.54) is 0 Å². The van der Waals surface area contributed by atoms with Crippen molar-refractivity contribution in [2.75, 3.05) is 6.54 Å². The Labute approximate surface area is 113 Å². The van der Waals surface area contributed by atoms with Gasteiger partial charge in [-0.15, -0.1) is 0 Å². The molecule has 2 atom stereocenters. The third kappa shape index (κ3) is 2.59. The standard InChI is InChI=1S/C14H19N3O2/c1-9(2)13-14(19)16-8-12(18)17(13)10(3)11-4-6-15-7-5-11/h4-7,9-10,13H,8H2,1-3H3,(H,16,19). The molecule has 5 nitrogen and oxygen atoms in total. The molecule has 1 aliphatic heterocycles. The third-order valence-electron chi connectivity index (χ3n) is 3.51. The zero-order chi connectivity index (χ0) is 14.0. The number of aromatic nitrogens is 1. The smallest absolute Gasteiger partial charge is 0.243 e. The van der Waals surface area contributed by atoms with Crippen molar-refractivity contribution in [1.82, 2.24) is 15.2 Å². The first-order chi connectivity index (χ1) is 9.02. The second-order valence-electron chi connectivity index (χ2n) is 5.16. The molecule has 0 radical (unpaired) electrons. The van der Waals surface area contributed by atoms with Gasteiger partial charge in [0.15, 0.2) is 0 Å². The van der Waals surface area contributed by atoms with E-state index in [-0.39, 0.29) is 30.3 Å². The molecule has 0 aromatic carbocycles. The SMILES string of the molecule is CC(C)C1C(=O)NCC(=O)N1C(C)c1ccncc1. The molecule has 1 aromatic heterocycles. The van der Waals surface area contributed by atoms with E-state index in [0.717, 1.165) is 5.56 Å².